The molecule has 0 bridgehead atoms. The van der Waals surface area contributed by atoms with Gasteiger partial charge in [0, 0.05) is 0 Å². The molecule has 0 aliphatic heterocycles. The fourth-order valence-corrected chi connectivity index (χ4v) is 0.862. The highest BCUT2D eigenvalue weighted by molar-refractivity contribution is 5.25. The van der Waals surface area contributed by atoms with Crippen molar-refractivity contribution in [1.82, 2.24) is 9.97 Å². The summed E-state index contributed by atoms with van der Waals surface area (Å²) in [4.78, 5) is 7.77. The minimum absolute atomic E-state index is 0.213. The van der Waals surface area contributed by atoms with Gasteiger partial charge >= 0.3 is 0 Å². The number of ether oxygens (including phenoxy) is 2. The van der Waals surface area contributed by atoms with Crippen LogP contribution in [-0.4, -0.2) is 29.3 Å². The summed E-state index contributed by atoms with van der Waals surface area (Å²) in [7, 11) is 0. The molecule has 0 unspecified atom stereocenters. The molecule has 1 aromatic heterocycles. The molecule has 5 heteroatoms. The molecule has 0 atom stereocenters. The topological polar surface area (TPSA) is 70.3 Å². The predicted octanol–water partition coefficient (Wildman–Crippen LogP) is 0.863. The first-order chi connectivity index (χ1) is 6.68. The highest BCUT2D eigenvalue weighted by atomic mass is 16.5. The molecule has 0 amide bonds. The van der Waals surface area contributed by atoms with Crippen molar-refractivity contribution in [3.8, 4) is 5.88 Å². The molecule has 78 valence electrons. The van der Waals surface area contributed by atoms with Gasteiger partial charge in [0.25, 0.3) is 0 Å². The number of nitrogen functional groups attached to an aromatic ring is 1. The van der Waals surface area contributed by atoms with Crippen molar-refractivity contribution < 1.29 is 9.47 Å². The lowest BCUT2D eigenvalue weighted by Gasteiger charge is -2.08. The molecule has 0 saturated heterocycles. The van der Waals surface area contributed by atoms with E-state index in [-0.39, 0.29) is 6.10 Å². The number of nitrogens with zero attached hydrogens (tertiary/aromatic N) is 2. The monoisotopic (exact) mass is 197 g/mol. The van der Waals surface area contributed by atoms with Gasteiger partial charge in [-0.2, -0.15) is 4.98 Å². The van der Waals surface area contributed by atoms with E-state index < -0.39 is 0 Å². The molecule has 5 nitrogen and oxygen atoms in total. The van der Waals surface area contributed by atoms with Crippen LogP contribution in [0.4, 0.5) is 5.82 Å². The van der Waals surface area contributed by atoms with Gasteiger partial charge in [0.1, 0.15) is 12.4 Å². The van der Waals surface area contributed by atoms with E-state index in [1.165, 1.54) is 12.4 Å². The van der Waals surface area contributed by atoms with Crippen LogP contribution in [0.3, 0.4) is 0 Å². The Morgan fingerprint density at radius 3 is 2.79 bits per heavy atom. The molecule has 2 N–H and O–H groups in total. The van der Waals surface area contributed by atoms with E-state index in [1.54, 1.807) is 0 Å². The summed E-state index contributed by atoms with van der Waals surface area (Å²) in [5, 5.41) is 0. The lowest BCUT2D eigenvalue weighted by Crippen LogP contribution is -2.12. The summed E-state index contributed by atoms with van der Waals surface area (Å²) in [5.41, 5.74) is 5.43. The maximum atomic E-state index is 5.43. The zero-order chi connectivity index (χ0) is 10.4. The van der Waals surface area contributed by atoms with E-state index in [9.17, 15) is 0 Å². The number of anilines is 1. The first-order valence-corrected chi connectivity index (χ1v) is 4.50. The molecule has 0 aliphatic rings. The lowest BCUT2D eigenvalue weighted by atomic mass is 10.5. The molecular formula is C9H15N3O2. The predicted molar refractivity (Wildman–Crippen MR) is 53.0 cm³/mol. The van der Waals surface area contributed by atoms with Crippen molar-refractivity contribution in [1.29, 1.82) is 0 Å². The Morgan fingerprint density at radius 1 is 1.36 bits per heavy atom. The number of hydrogen-bond acceptors (Lipinski definition) is 5. The van der Waals surface area contributed by atoms with Gasteiger partial charge in [0.2, 0.25) is 5.88 Å². The van der Waals surface area contributed by atoms with Crippen molar-refractivity contribution in [2.24, 2.45) is 0 Å². The second kappa shape index (κ2) is 5.39. The zero-order valence-electron chi connectivity index (χ0n) is 8.43. The summed E-state index contributed by atoms with van der Waals surface area (Å²) in [5.74, 6) is 0.782. The molecule has 0 aliphatic carbocycles. The normalized spacial score (nSPS) is 10.5. The second-order valence-electron chi connectivity index (χ2n) is 3.05. The van der Waals surface area contributed by atoms with Crippen LogP contribution in [-0.2, 0) is 4.74 Å². The van der Waals surface area contributed by atoms with Gasteiger partial charge in [0.15, 0.2) is 0 Å². The molecule has 1 rings (SSSR count). The quantitative estimate of drug-likeness (QED) is 0.709. The first kappa shape index (κ1) is 10.7. The van der Waals surface area contributed by atoms with Gasteiger partial charge in [0.05, 0.1) is 25.1 Å². The fraction of sp³-hybridized carbons (Fsp3) is 0.556. The number of aromatic nitrogens is 2. The lowest BCUT2D eigenvalue weighted by molar-refractivity contribution is 0.0542. The van der Waals surface area contributed by atoms with E-state index >= 15 is 0 Å². The van der Waals surface area contributed by atoms with E-state index in [2.05, 4.69) is 9.97 Å². The molecule has 0 fully saturated rings. The average Bonchev–Trinajstić information content (AvgIpc) is 2.12. The van der Waals surface area contributed by atoms with Crippen LogP contribution in [0.2, 0.25) is 0 Å². The van der Waals surface area contributed by atoms with Crippen LogP contribution >= 0.6 is 0 Å². The summed E-state index contributed by atoms with van der Waals surface area (Å²) in [6, 6.07) is 0. The third-order valence-electron chi connectivity index (χ3n) is 1.42. The minimum Gasteiger partial charge on any atom is -0.474 e. The van der Waals surface area contributed by atoms with E-state index in [1.807, 2.05) is 13.8 Å². The Balaban J connectivity index is 2.25. The van der Waals surface area contributed by atoms with Crippen LogP contribution in [0.1, 0.15) is 13.8 Å². The highest BCUT2D eigenvalue weighted by Crippen LogP contribution is 2.05. The molecule has 0 radical (unpaired) electrons. The van der Waals surface area contributed by atoms with Crippen LogP contribution in [0, 0.1) is 0 Å². The van der Waals surface area contributed by atoms with Crippen molar-refractivity contribution in [3.05, 3.63) is 12.4 Å². The van der Waals surface area contributed by atoms with Crippen molar-refractivity contribution in [2.45, 2.75) is 20.0 Å². The van der Waals surface area contributed by atoms with Crippen LogP contribution in [0.25, 0.3) is 0 Å². The Kier molecular flexibility index (Phi) is 4.12. The Morgan fingerprint density at radius 2 is 2.14 bits per heavy atom. The van der Waals surface area contributed by atoms with Crippen molar-refractivity contribution >= 4 is 5.82 Å². The summed E-state index contributed by atoms with van der Waals surface area (Å²) in [6.07, 6.45) is 3.20. The maximum Gasteiger partial charge on any atom is 0.234 e. The van der Waals surface area contributed by atoms with Gasteiger partial charge in [-0.15, -0.1) is 0 Å². The van der Waals surface area contributed by atoms with E-state index in [0.717, 1.165) is 0 Å². The summed E-state index contributed by atoms with van der Waals surface area (Å²) >= 11 is 0. The first-order valence-electron chi connectivity index (χ1n) is 4.50. The van der Waals surface area contributed by atoms with Crippen LogP contribution in [0.5, 0.6) is 5.88 Å². The van der Waals surface area contributed by atoms with Crippen molar-refractivity contribution in [2.75, 3.05) is 18.9 Å². The van der Waals surface area contributed by atoms with Crippen LogP contribution in [0.15, 0.2) is 12.4 Å². The third-order valence-corrected chi connectivity index (χ3v) is 1.42. The summed E-state index contributed by atoms with van der Waals surface area (Å²) < 4.78 is 10.5. The van der Waals surface area contributed by atoms with Gasteiger partial charge < -0.3 is 15.2 Å². The van der Waals surface area contributed by atoms with Gasteiger partial charge in [-0.05, 0) is 13.8 Å². The Labute approximate surface area is 83.3 Å². The highest BCUT2D eigenvalue weighted by Gasteiger charge is 1.97. The van der Waals surface area contributed by atoms with E-state index in [0.29, 0.717) is 24.9 Å². The molecule has 1 aromatic rings. The minimum atomic E-state index is 0.213. The second-order valence-corrected chi connectivity index (χ2v) is 3.05. The standard InChI is InChI=1S/C9H15N3O2/c1-7(2)13-3-4-14-9-6-11-5-8(10)12-9/h5-7H,3-4H2,1-2H3,(H2,10,12). The number of rotatable bonds is 5. The number of nitrogens with two attached hydrogens (primary N) is 1. The van der Waals surface area contributed by atoms with Gasteiger partial charge in [-0.25, -0.2) is 0 Å². The molecule has 14 heavy (non-hydrogen) atoms. The van der Waals surface area contributed by atoms with E-state index in [4.69, 9.17) is 15.2 Å². The summed E-state index contributed by atoms with van der Waals surface area (Å²) in [6.45, 7) is 4.94. The Hall–Kier alpha value is -1.36. The van der Waals surface area contributed by atoms with Gasteiger partial charge in [-0.1, -0.05) is 0 Å². The zero-order valence-corrected chi connectivity index (χ0v) is 8.43. The fourth-order valence-electron chi connectivity index (χ4n) is 0.862. The Bertz CT molecular complexity index is 279. The van der Waals surface area contributed by atoms with Crippen molar-refractivity contribution in [3.63, 3.8) is 0 Å². The molecular weight excluding hydrogens is 182 g/mol. The maximum absolute atomic E-state index is 5.43. The largest absolute Gasteiger partial charge is 0.474 e. The average molecular weight is 197 g/mol. The smallest absolute Gasteiger partial charge is 0.234 e. The molecule has 0 spiro atoms. The number of hydrogen-bond donors (Lipinski definition) is 1. The molecule has 0 saturated carbocycles. The van der Waals surface area contributed by atoms with Gasteiger partial charge in [-0.3, -0.25) is 4.98 Å². The molecule has 1 heterocycles. The third kappa shape index (κ3) is 4.04. The molecule has 0 aromatic carbocycles. The SMILES string of the molecule is CC(C)OCCOc1cncc(N)n1. The van der Waals surface area contributed by atoms with Crippen LogP contribution < -0.4 is 10.5 Å².